The summed E-state index contributed by atoms with van der Waals surface area (Å²) in [7, 11) is 0. The molecule has 0 radical (unpaired) electrons. The minimum atomic E-state index is 0.473. The third kappa shape index (κ3) is 2.09. The van der Waals surface area contributed by atoms with Gasteiger partial charge in [-0.15, -0.1) is 11.3 Å². The van der Waals surface area contributed by atoms with E-state index in [-0.39, 0.29) is 0 Å². The van der Waals surface area contributed by atoms with Crippen LogP contribution in [-0.2, 0) is 0 Å². The third-order valence-corrected chi connectivity index (χ3v) is 4.20. The van der Waals surface area contributed by atoms with Crippen LogP contribution < -0.4 is 5.73 Å². The average molecular weight is 341 g/mol. The SMILES string of the molecule is Nc1nc(-c2ccc(Cl)s2)nc2ccc(Br)cc12. The highest BCUT2D eigenvalue weighted by atomic mass is 79.9. The maximum absolute atomic E-state index is 5.97. The van der Waals surface area contributed by atoms with Crippen molar-refractivity contribution in [3.05, 3.63) is 39.1 Å². The van der Waals surface area contributed by atoms with E-state index >= 15 is 0 Å². The number of nitrogen functional groups attached to an aromatic ring is 1. The predicted molar refractivity (Wildman–Crippen MR) is 80.0 cm³/mol. The summed E-state index contributed by atoms with van der Waals surface area (Å²) in [6.45, 7) is 0. The lowest BCUT2D eigenvalue weighted by molar-refractivity contribution is 1.25. The second-order valence-corrected chi connectivity index (χ2v) is 6.33. The van der Waals surface area contributed by atoms with Crippen LogP contribution in [0.3, 0.4) is 0 Å². The van der Waals surface area contributed by atoms with Crippen molar-refractivity contribution in [3.8, 4) is 10.7 Å². The third-order valence-electron chi connectivity index (χ3n) is 2.48. The molecule has 0 aliphatic carbocycles. The van der Waals surface area contributed by atoms with Gasteiger partial charge in [-0.2, -0.15) is 0 Å². The number of halogens is 2. The van der Waals surface area contributed by atoms with Gasteiger partial charge in [-0.1, -0.05) is 27.5 Å². The van der Waals surface area contributed by atoms with Crippen molar-refractivity contribution in [1.29, 1.82) is 0 Å². The summed E-state index contributed by atoms with van der Waals surface area (Å²) in [6, 6.07) is 9.48. The highest BCUT2D eigenvalue weighted by molar-refractivity contribution is 9.10. The van der Waals surface area contributed by atoms with Crippen LogP contribution in [0.25, 0.3) is 21.6 Å². The fourth-order valence-electron chi connectivity index (χ4n) is 1.67. The van der Waals surface area contributed by atoms with Crippen molar-refractivity contribution in [2.24, 2.45) is 0 Å². The number of fused-ring (bicyclic) bond motifs is 1. The van der Waals surface area contributed by atoms with Gasteiger partial charge in [0.25, 0.3) is 0 Å². The lowest BCUT2D eigenvalue weighted by atomic mass is 10.2. The molecule has 0 fully saturated rings. The first-order valence-corrected chi connectivity index (χ1v) is 7.11. The Morgan fingerprint density at radius 3 is 2.72 bits per heavy atom. The fourth-order valence-corrected chi connectivity index (χ4v) is 3.01. The van der Waals surface area contributed by atoms with E-state index in [4.69, 9.17) is 17.3 Å². The van der Waals surface area contributed by atoms with Gasteiger partial charge in [0.05, 0.1) is 14.7 Å². The Labute approximate surface area is 121 Å². The van der Waals surface area contributed by atoms with Crippen LogP contribution in [0.4, 0.5) is 5.82 Å². The monoisotopic (exact) mass is 339 g/mol. The number of anilines is 1. The van der Waals surface area contributed by atoms with Crippen LogP contribution in [0.2, 0.25) is 4.34 Å². The first-order chi connectivity index (χ1) is 8.63. The molecule has 0 amide bonds. The summed E-state index contributed by atoms with van der Waals surface area (Å²) in [5, 5.41) is 0.843. The number of aromatic nitrogens is 2. The molecule has 0 unspecified atom stereocenters. The predicted octanol–water partition coefficient (Wildman–Crippen LogP) is 4.36. The van der Waals surface area contributed by atoms with Gasteiger partial charge < -0.3 is 5.73 Å². The van der Waals surface area contributed by atoms with Crippen LogP contribution in [-0.4, -0.2) is 9.97 Å². The molecule has 90 valence electrons. The number of thiophene rings is 1. The zero-order chi connectivity index (χ0) is 12.7. The summed E-state index contributed by atoms with van der Waals surface area (Å²) < 4.78 is 1.67. The Balaban J connectivity index is 2.24. The topological polar surface area (TPSA) is 51.8 Å². The maximum atomic E-state index is 5.97. The van der Waals surface area contributed by atoms with E-state index in [1.165, 1.54) is 11.3 Å². The van der Waals surface area contributed by atoms with Crippen LogP contribution in [0, 0.1) is 0 Å². The maximum Gasteiger partial charge on any atom is 0.172 e. The van der Waals surface area contributed by atoms with Gasteiger partial charge in [0.2, 0.25) is 0 Å². The van der Waals surface area contributed by atoms with E-state index in [1.54, 1.807) is 0 Å². The van der Waals surface area contributed by atoms with Crippen LogP contribution in [0.5, 0.6) is 0 Å². The van der Waals surface area contributed by atoms with Crippen LogP contribution >= 0.6 is 38.9 Å². The highest BCUT2D eigenvalue weighted by Crippen LogP contribution is 2.31. The van der Waals surface area contributed by atoms with Gasteiger partial charge in [0.1, 0.15) is 5.82 Å². The molecule has 0 atom stereocenters. The van der Waals surface area contributed by atoms with E-state index in [1.807, 2.05) is 30.3 Å². The summed E-state index contributed by atoms with van der Waals surface area (Å²) in [5.41, 5.74) is 6.79. The van der Waals surface area contributed by atoms with E-state index in [9.17, 15) is 0 Å². The first kappa shape index (κ1) is 11.9. The lowest BCUT2D eigenvalue weighted by Gasteiger charge is -2.04. The zero-order valence-electron chi connectivity index (χ0n) is 9.02. The Hall–Kier alpha value is -1.17. The highest BCUT2D eigenvalue weighted by Gasteiger charge is 2.09. The quantitative estimate of drug-likeness (QED) is 0.716. The lowest BCUT2D eigenvalue weighted by Crippen LogP contribution is -1.96. The van der Waals surface area contributed by atoms with Crippen molar-refractivity contribution >= 4 is 55.6 Å². The Morgan fingerprint density at radius 1 is 1.17 bits per heavy atom. The minimum Gasteiger partial charge on any atom is -0.383 e. The van der Waals surface area contributed by atoms with Gasteiger partial charge in [-0.3, -0.25) is 0 Å². The zero-order valence-corrected chi connectivity index (χ0v) is 12.2. The molecule has 3 nitrogen and oxygen atoms in total. The van der Waals surface area contributed by atoms with E-state index in [0.29, 0.717) is 16.0 Å². The molecule has 1 aromatic carbocycles. The fraction of sp³-hybridized carbons (Fsp3) is 0. The molecule has 0 saturated carbocycles. The van der Waals surface area contributed by atoms with Gasteiger partial charge in [-0.25, -0.2) is 9.97 Å². The van der Waals surface area contributed by atoms with Gasteiger partial charge in [-0.05, 0) is 30.3 Å². The first-order valence-electron chi connectivity index (χ1n) is 5.12. The molecule has 0 spiro atoms. The summed E-state index contributed by atoms with van der Waals surface area (Å²) in [5.74, 6) is 1.08. The molecule has 0 aliphatic heterocycles. The molecule has 3 aromatic rings. The molecule has 0 saturated heterocycles. The molecule has 3 rings (SSSR count). The number of benzene rings is 1. The Morgan fingerprint density at radius 2 is 2.00 bits per heavy atom. The minimum absolute atomic E-state index is 0.473. The van der Waals surface area contributed by atoms with Crippen molar-refractivity contribution in [2.45, 2.75) is 0 Å². The van der Waals surface area contributed by atoms with Gasteiger partial charge >= 0.3 is 0 Å². The largest absolute Gasteiger partial charge is 0.383 e. The normalized spacial score (nSPS) is 11.0. The van der Waals surface area contributed by atoms with Crippen molar-refractivity contribution in [1.82, 2.24) is 9.97 Å². The van der Waals surface area contributed by atoms with Gasteiger partial charge in [0, 0.05) is 9.86 Å². The molecule has 2 heterocycles. The number of nitrogens with zero attached hydrogens (tertiary/aromatic N) is 2. The average Bonchev–Trinajstić information content (AvgIpc) is 2.77. The molecule has 2 aromatic heterocycles. The molecule has 0 bridgehead atoms. The van der Waals surface area contributed by atoms with E-state index in [0.717, 1.165) is 20.3 Å². The van der Waals surface area contributed by atoms with Crippen molar-refractivity contribution in [3.63, 3.8) is 0 Å². The molecule has 2 N–H and O–H groups in total. The molecular formula is C12H7BrClN3S. The standard InChI is InChI=1S/C12H7BrClN3S/c13-6-1-2-8-7(5-6)11(15)17-12(16-8)9-3-4-10(14)18-9/h1-5H,(H2,15,16,17). The number of hydrogen-bond acceptors (Lipinski definition) is 4. The summed E-state index contributed by atoms with van der Waals surface area (Å²) in [6.07, 6.45) is 0. The Bertz CT molecular complexity index is 741. The molecule has 0 aliphatic rings. The molecule has 6 heteroatoms. The summed E-state index contributed by atoms with van der Waals surface area (Å²) >= 11 is 10.8. The number of nitrogens with two attached hydrogens (primary N) is 1. The number of hydrogen-bond donors (Lipinski definition) is 1. The molecule has 18 heavy (non-hydrogen) atoms. The number of rotatable bonds is 1. The van der Waals surface area contributed by atoms with Crippen LogP contribution in [0.1, 0.15) is 0 Å². The van der Waals surface area contributed by atoms with Crippen molar-refractivity contribution < 1.29 is 0 Å². The van der Waals surface area contributed by atoms with Crippen molar-refractivity contribution in [2.75, 3.05) is 5.73 Å². The summed E-state index contributed by atoms with van der Waals surface area (Å²) in [4.78, 5) is 9.74. The molecular weight excluding hydrogens is 334 g/mol. The second-order valence-electron chi connectivity index (χ2n) is 3.70. The second kappa shape index (κ2) is 4.50. The van der Waals surface area contributed by atoms with Crippen LogP contribution in [0.15, 0.2) is 34.8 Å². The van der Waals surface area contributed by atoms with E-state index in [2.05, 4.69) is 25.9 Å². The van der Waals surface area contributed by atoms with E-state index < -0.39 is 0 Å². The Kier molecular flexibility index (Phi) is 2.97. The smallest absolute Gasteiger partial charge is 0.172 e. The van der Waals surface area contributed by atoms with Gasteiger partial charge in [0.15, 0.2) is 5.82 Å².